The first-order valence-corrected chi connectivity index (χ1v) is 17.8. The van der Waals surface area contributed by atoms with E-state index < -0.39 is 40.6 Å². The molecule has 0 aromatic heterocycles. The van der Waals surface area contributed by atoms with Crippen LogP contribution in [0.3, 0.4) is 0 Å². The number of rotatable bonds is 18. The van der Waals surface area contributed by atoms with Crippen molar-refractivity contribution in [1.82, 2.24) is 0 Å². The molecule has 47 heavy (non-hydrogen) atoms. The first-order chi connectivity index (χ1) is 22.9. The van der Waals surface area contributed by atoms with Crippen LogP contribution < -0.4 is 0 Å². The molecule has 8 nitrogen and oxygen atoms in total. The van der Waals surface area contributed by atoms with Crippen molar-refractivity contribution < 1.29 is 36.3 Å². The fraction of sp³-hybridized carbons (Fsp3) is 0.368. The van der Waals surface area contributed by atoms with Crippen LogP contribution in [0.15, 0.2) is 121 Å². The summed E-state index contributed by atoms with van der Waals surface area (Å²) in [5.41, 5.74) is 4.13. The average molecular weight is 661 g/mol. The Kier molecular flexibility index (Phi) is 13.5. The van der Waals surface area contributed by atoms with Gasteiger partial charge in [-0.2, -0.15) is 8.42 Å². The summed E-state index contributed by atoms with van der Waals surface area (Å²) in [6.45, 7) is 1.78. The maximum Gasteiger partial charge on any atom is 0.264 e. The summed E-state index contributed by atoms with van der Waals surface area (Å²) in [6.07, 6.45) is -0.518. The Morgan fingerprint density at radius 2 is 0.957 bits per heavy atom. The molecule has 5 rings (SSSR count). The van der Waals surface area contributed by atoms with Gasteiger partial charge in [-0.1, -0.05) is 121 Å². The van der Waals surface area contributed by atoms with E-state index in [0.717, 1.165) is 28.5 Å². The van der Waals surface area contributed by atoms with Gasteiger partial charge in [-0.25, -0.2) is 0 Å². The molecule has 0 spiro atoms. The number of hydrogen-bond acceptors (Lipinski definition) is 8. The molecule has 0 amide bonds. The molecule has 0 unspecified atom stereocenters. The van der Waals surface area contributed by atoms with E-state index in [9.17, 15) is 8.42 Å². The number of ether oxygens (including phenoxy) is 5. The molecule has 4 aromatic rings. The summed E-state index contributed by atoms with van der Waals surface area (Å²) in [5, 5.41) is 0. The Labute approximate surface area is 278 Å². The second kappa shape index (κ2) is 18.2. The Balaban J connectivity index is 1.42. The highest BCUT2D eigenvalue weighted by atomic mass is 32.2. The van der Waals surface area contributed by atoms with Gasteiger partial charge in [0.2, 0.25) is 0 Å². The Morgan fingerprint density at radius 3 is 1.40 bits per heavy atom. The predicted molar refractivity (Wildman–Crippen MR) is 180 cm³/mol. The van der Waals surface area contributed by atoms with Crippen molar-refractivity contribution in [3.63, 3.8) is 0 Å². The summed E-state index contributed by atoms with van der Waals surface area (Å²) in [6, 6.07) is 40.0. The van der Waals surface area contributed by atoms with Gasteiger partial charge in [-0.15, -0.1) is 0 Å². The Bertz CT molecular complexity index is 1540. The fourth-order valence-electron chi connectivity index (χ4n) is 5.61. The summed E-state index contributed by atoms with van der Waals surface area (Å²) in [4.78, 5) is 0. The molecule has 0 bridgehead atoms. The molecule has 4 aromatic carbocycles. The molecule has 1 aliphatic rings. The second-order valence-electron chi connectivity index (χ2n) is 11.7. The molecule has 250 valence electrons. The minimum absolute atomic E-state index is 0.0444. The van der Waals surface area contributed by atoms with E-state index in [2.05, 4.69) is 0 Å². The molecule has 1 saturated heterocycles. The maximum absolute atomic E-state index is 11.7. The highest BCUT2D eigenvalue weighted by molar-refractivity contribution is 7.85. The van der Waals surface area contributed by atoms with Crippen LogP contribution in [0.4, 0.5) is 0 Å². The summed E-state index contributed by atoms with van der Waals surface area (Å²) in [5.74, 6) is 0. The van der Waals surface area contributed by atoms with Gasteiger partial charge >= 0.3 is 0 Å². The average Bonchev–Trinajstić information content (AvgIpc) is 3.09. The van der Waals surface area contributed by atoms with Gasteiger partial charge in [0.15, 0.2) is 0 Å². The minimum atomic E-state index is -3.57. The Morgan fingerprint density at radius 1 is 0.553 bits per heavy atom. The summed E-state index contributed by atoms with van der Waals surface area (Å²) in [7, 11) is -3.57. The van der Waals surface area contributed by atoms with Crippen LogP contribution in [-0.4, -0.2) is 58.4 Å². The molecule has 1 aliphatic heterocycles. The first kappa shape index (κ1) is 34.9. The third-order valence-corrected chi connectivity index (χ3v) is 8.50. The monoisotopic (exact) mass is 660 g/mol. The van der Waals surface area contributed by atoms with E-state index in [1.54, 1.807) is 0 Å². The molecule has 5 atom stereocenters. The SMILES string of the molecule is CS(=O)(=O)OCCC[C@H]1O[C@H](COCc2ccccc2)[C@@H](OCc2ccccc2)[C@H](OCc2ccccc2)[C@H]1OCc1ccccc1. The molecule has 0 saturated carbocycles. The second-order valence-corrected chi connectivity index (χ2v) is 13.3. The fourth-order valence-corrected chi connectivity index (χ4v) is 6.03. The van der Waals surface area contributed by atoms with E-state index in [0.29, 0.717) is 39.3 Å². The van der Waals surface area contributed by atoms with Crippen molar-refractivity contribution in [3.8, 4) is 0 Å². The molecule has 9 heteroatoms. The predicted octanol–water partition coefficient (Wildman–Crippen LogP) is 6.48. The van der Waals surface area contributed by atoms with Gasteiger partial charge in [0.1, 0.15) is 24.4 Å². The van der Waals surface area contributed by atoms with Crippen molar-refractivity contribution in [2.45, 2.75) is 69.8 Å². The van der Waals surface area contributed by atoms with Gasteiger partial charge in [-0.05, 0) is 35.1 Å². The summed E-state index contributed by atoms with van der Waals surface area (Å²) >= 11 is 0. The minimum Gasteiger partial charge on any atom is -0.374 e. The quantitative estimate of drug-likeness (QED) is 0.0885. The van der Waals surface area contributed by atoms with Crippen LogP contribution in [-0.2, 0) is 64.4 Å². The van der Waals surface area contributed by atoms with Crippen LogP contribution in [0.5, 0.6) is 0 Å². The van der Waals surface area contributed by atoms with Crippen LogP contribution in [0.25, 0.3) is 0 Å². The van der Waals surface area contributed by atoms with Crippen molar-refractivity contribution in [2.75, 3.05) is 19.5 Å². The summed E-state index contributed by atoms with van der Waals surface area (Å²) < 4.78 is 61.5. The lowest BCUT2D eigenvalue weighted by molar-refractivity contribution is -0.273. The van der Waals surface area contributed by atoms with Crippen LogP contribution in [0.1, 0.15) is 35.1 Å². The smallest absolute Gasteiger partial charge is 0.264 e. The molecular weight excluding hydrogens is 616 g/mol. The molecule has 0 N–H and O–H groups in total. The van der Waals surface area contributed by atoms with Crippen molar-refractivity contribution in [3.05, 3.63) is 144 Å². The van der Waals surface area contributed by atoms with E-state index >= 15 is 0 Å². The lowest BCUT2D eigenvalue weighted by atomic mass is 9.91. The van der Waals surface area contributed by atoms with Gasteiger partial charge in [0.05, 0.1) is 52.0 Å². The molecule has 1 fully saturated rings. The van der Waals surface area contributed by atoms with Crippen LogP contribution >= 0.6 is 0 Å². The number of hydrogen-bond donors (Lipinski definition) is 0. The third kappa shape index (κ3) is 11.7. The van der Waals surface area contributed by atoms with Crippen molar-refractivity contribution >= 4 is 10.1 Å². The molecular formula is C38H44O8S. The lowest BCUT2D eigenvalue weighted by Crippen LogP contribution is -2.61. The van der Waals surface area contributed by atoms with Crippen molar-refractivity contribution in [1.29, 1.82) is 0 Å². The zero-order valence-corrected chi connectivity index (χ0v) is 27.6. The van der Waals surface area contributed by atoms with Gasteiger partial charge in [-0.3, -0.25) is 4.18 Å². The van der Waals surface area contributed by atoms with E-state index in [-0.39, 0.29) is 13.2 Å². The Hall–Kier alpha value is -3.41. The van der Waals surface area contributed by atoms with Gasteiger partial charge < -0.3 is 23.7 Å². The van der Waals surface area contributed by atoms with Gasteiger partial charge in [0, 0.05) is 0 Å². The zero-order valence-electron chi connectivity index (χ0n) is 26.8. The van der Waals surface area contributed by atoms with Crippen LogP contribution in [0, 0.1) is 0 Å². The highest BCUT2D eigenvalue weighted by Crippen LogP contribution is 2.33. The molecule has 0 aliphatic carbocycles. The van der Waals surface area contributed by atoms with E-state index in [1.807, 2.05) is 121 Å². The normalized spacial score (nSPS) is 21.4. The highest BCUT2D eigenvalue weighted by Gasteiger charge is 2.48. The molecule has 0 radical (unpaired) electrons. The number of benzene rings is 4. The van der Waals surface area contributed by atoms with Crippen LogP contribution in [0.2, 0.25) is 0 Å². The third-order valence-electron chi connectivity index (χ3n) is 7.91. The maximum atomic E-state index is 11.7. The van der Waals surface area contributed by atoms with E-state index in [1.165, 1.54) is 0 Å². The largest absolute Gasteiger partial charge is 0.374 e. The van der Waals surface area contributed by atoms with E-state index in [4.69, 9.17) is 27.9 Å². The molecule has 1 heterocycles. The van der Waals surface area contributed by atoms with Crippen molar-refractivity contribution in [2.24, 2.45) is 0 Å². The van der Waals surface area contributed by atoms with Gasteiger partial charge in [0.25, 0.3) is 10.1 Å². The lowest BCUT2D eigenvalue weighted by Gasteiger charge is -2.46. The zero-order chi connectivity index (χ0) is 32.7. The topological polar surface area (TPSA) is 89.5 Å². The first-order valence-electron chi connectivity index (χ1n) is 16.0. The standard InChI is InChI=1S/C38H44O8S/c1-47(39,40)45-24-14-23-34-36(42-26-31-17-8-3-9-18-31)38(44-28-33-21-12-5-13-22-33)37(43-27-32-19-10-4-11-20-32)35(46-34)29-41-25-30-15-6-2-7-16-30/h2-13,15-22,34-38H,14,23-29H2,1H3/t34-,35-,36+,37-,38-/m1/s1.